The van der Waals surface area contributed by atoms with Crippen molar-refractivity contribution >= 4 is 6.29 Å². The van der Waals surface area contributed by atoms with Crippen LogP contribution < -0.4 is 0 Å². The topological polar surface area (TPSA) is 17.1 Å². The van der Waals surface area contributed by atoms with E-state index in [1.165, 1.54) is 25.7 Å². The number of carbonyl (C=O) groups excluding carboxylic acids is 1. The summed E-state index contributed by atoms with van der Waals surface area (Å²) in [6, 6.07) is 0. The third-order valence-corrected chi connectivity index (χ3v) is 4.08. The van der Waals surface area contributed by atoms with Gasteiger partial charge in [0.2, 0.25) is 6.29 Å². The van der Waals surface area contributed by atoms with Crippen molar-refractivity contribution in [3.63, 3.8) is 0 Å². The summed E-state index contributed by atoms with van der Waals surface area (Å²) in [5.74, 6) is 2.60. The molecule has 0 aromatic heterocycles. The zero-order chi connectivity index (χ0) is 6.77. The first kappa shape index (κ1) is 5.34. The molecule has 4 saturated carbocycles. The first-order valence-corrected chi connectivity index (χ1v) is 4.23. The molecule has 1 heteroatoms. The molecule has 2 unspecified atom stereocenters. The van der Waals surface area contributed by atoms with Gasteiger partial charge in [-0.15, -0.1) is 0 Å². The van der Waals surface area contributed by atoms with Crippen molar-refractivity contribution in [2.24, 2.45) is 23.2 Å². The lowest BCUT2D eigenvalue weighted by Crippen LogP contribution is -2.20. The van der Waals surface area contributed by atoms with Crippen LogP contribution in [0.4, 0.5) is 0 Å². The summed E-state index contributed by atoms with van der Waals surface area (Å²) in [5.41, 5.74) is 0.0787. The molecule has 0 aromatic carbocycles. The second-order valence-corrected chi connectivity index (χ2v) is 4.35. The van der Waals surface area contributed by atoms with Crippen LogP contribution in [0.25, 0.3) is 0 Å². The van der Waals surface area contributed by atoms with E-state index in [2.05, 4.69) is 6.29 Å². The Labute approximate surface area is 60.8 Å². The Morgan fingerprint density at radius 1 is 1.20 bits per heavy atom. The molecule has 4 aliphatic carbocycles. The Morgan fingerprint density at radius 3 is 2.00 bits per heavy atom. The van der Waals surface area contributed by atoms with Gasteiger partial charge in [0.15, 0.2) is 0 Å². The molecule has 0 aromatic rings. The van der Waals surface area contributed by atoms with Crippen molar-refractivity contribution < 1.29 is 4.79 Å². The minimum Gasteiger partial charge on any atom is -0.290 e. The van der Waals surface area contributed by atoms with Gasteiger partial charge in [0.05, 0.1) is 0 Å². The van der Waals surface area contributed by atoms with Crippen LogP contribution in [0.15, 0.2) is 0 Å². The summed E-state index contributed by atoms with van der Waals surface area (Å²) in [5, 5.41) is 0. The highest BCUT2D eigenvalue weighted by Crippen LogP contribution is 2.68. The van der Waals surface area contributed by atoms with Gasteiger partial charge in [-0.1, -0.05) is 0 Å². The van der Waals surface area contributed by atoms with Crippen molar-refractivity contribution in [1.29, 1.82) is 0 Å². The average molecular weight is 135 g/mol. The standard InChI is InChI=1S/C9H11O/c10-5-9-3-6-1-8(9)2-7(6)4-9/h6-8H,1-4H2. The molecule has 1 radical (unpaired) electrons. The Bertz CT molecular complexity index is 183. The van der Waals surface area contributed by atoms with E-state index in [9.17, 15) is 4.79 Å². The van der Waals surface area contributed by atoms with Gasteiger partial charge in [0.1, 0.15) is 0 Å². The third kappa shape index (κ3) is 0.363. The van der Waals surface area contributed by atoms with Crippen molar-refractivity contribution in [3.8, 4) is 0 Å². The highest BCUT2D eigenvalue weighted by molar-refractivity contribution is 5.64. The molecule has 0 N–H and O–H groups in total. The molecular weight excluding hydrogens is 124 g/mol. The molecular formula is C9H11O. The SMILES string of the molecule is O=[C]C12CC3CC1CC3C2. The molecule has 4 bridgehead atoms. The molecule has 4 rings (SSSR count). The normalized spacial score (nSPS) is 62.2. The highest BCUT2D eigenvalue weighted by Gasteiger charge is 2.63. The van der Waals surface area contributed by atoms with Crippen LogP contribution in [-0.2, 0) is 4.79 Å². The second-order valence-electron chi connectivity index (χ2n) is 4.35. The van der Waals surface area contributed by atoms with Crippen LogP contribution in [0.1, 0.15) is 25.7 Å². The van der Waals surface area contributed by atoms with Gasteiger partial charge in [-0.2, -0.15) is 0 Å². The van der Waals surface area contributed by atoms with Crippen LogP contribution in [-0.4, -0.2) is 6.29 Å². The molecule has 10 heavy (non-hydrogen) atoms. The van der Waals surface area contributed by atoms with Gasteiger partial charge in [0, 0.05) is 5.41 Å². The molecule has 0 spiro atoms. The van der Waals surface area contributed by atoms with Crippen molar-refractivity contribution in [1.82, 2.24) is 0 Å². The van der Waals surface area contributed by atoms with Gasteiger partial charge < -0.3 is 0 Å². The maximum Gasteiger partial charge on any atom is 0.205 e. The summed E-state index contributed by atoms with van der Waals surface area (Å²) >= 11 is 0. The van der Waals surface area contributed by atoms with E-state index in [-0.39, 0.29) is 5.41 Å². The Morgan fingerprint density at radius 2 is 1.80 bits per heavy atom. The minimum atomic E-state index is 0.0787. The Hall–Kier alpha value is -0.330. The molecule has 4 fully saturated rings. The van der Waals surface area contributed by atoms with E-state index in [1.807, 2.05) is 0 Å². The van der Waals surface area contributed by atoms with Crippen LogP contribution in [0.2, 0.25) is 0 Å². The Kier molecular flexibility index (Phi) is 0.704. The molecule has 1 nitrogen and oxygen atoms in total. The monoisotopic (exact) mass is 135 g/mol. The summed E-state index contributed by atoms with van der Waals surface area (Å²) in [4.78, 5) is 10.7. The summed E-state index contributed by atoms with van der Waals surface area (Å²) in [7, 11) is 0. The zero-order valence-electron chi connectivity index (χ0n) is 5.97. The van der Waals surface area contributed by atoms with Crippen molar-refractivity contribution in [3.05, 3.63) is 0 Å². The quantitative estimate of drug-likeness (QED) is 0.533. The molecule has 4 aliphatic rings. The van der Waals surface area contributed by atoms with E-state index in [1.54, 1.807) is 0 Å². The molecule has 2 atom stereocenters. The average Bonchev–Trinajstić information content (AvgIpc) is 2.53. The fourth-order valence-corrected chi connectivity index (χ4v) is 3.68. The predicted molar refractivity (Wildman–Crippen MR) is 37.1 cm³/mol. The zero-order valence-corrected chi connectivity index (χ0v) is 5.97. The van der Waals surface area contributed by atoms with Crippen LogP contribution in [0.3, 0.4) is 0 Å². The summed E-state index contributed by atoms with van der Waals surface area (Å²) in [6.45, 7) is 0. The van der Waals surface area contributed by atoms with Crippen LogP contribution in [0, 0.1) is 23.2 Å². The second kappa shape index (κ2) is 1.32. The van der Waals surface area contributed by atoms with E-state index < -0.39 is 0 Å². The lowest BCUT2D eigenvalue weighted by molar-refractivity contribution is 0.340. The fourth-order valence-electron chi connectivity index (χ4n) is 3.68. The van der Waals surface area contributed by atoms with Gasteiger partial charge in [-0.3, -0.25) is 4.79 Å². The molecule has 53 valence electrons. The molecule has 0 heterocycles. The fraction of sp³-hybridized carbons (Fsp3) is 0.889. The van der Waals surface area contributed by atoms with Crippen molar-refractivity contribution in [2.75, 3.05) is 0 Å². The van der Waals surface area contributed by atoms with Crippen molar-refractivity contribution in [2.45, 2.75) is 25.7 Å². The first-order chi connectivity index (χ1) is 4.84. The number of rotatable bonds is 1. The third-order valence-electron chi connectivity index (χ3n) is 4.08. The Balaban J connectivity index is 2.11. The largest absolute Gasteiger partial charge is 0.290 e. The lowest BCUT2D eigenvalue weighted by Gasteiger charge is -2.18. The summed E-state index contributed by atoms with van der Waals surface area (Å²) in [6.07, 6.45) is 7.38. The van der Waals surface area contributed by atoms with Gasteiger partial charge in [-0.25, -0.2) is 0 Å². The maximum absolute atomic E-state index is 10.7. The van der Waals surface area contributed by atoms with E-state index >= 15 is 0 Å². The molecule has 0 amide bonds. The number of hydrogen-bond donors (Lipinski definition) is 0. The van der Waals surface area contributed by atoms with E-state index in [0.717, 1.165) is 17.8 Å². The highest BCUT2D eigenvalue weighted by atomic mass is 16.1. The lowest BCUT2D eigenvalue weighted by atomic mass is 9.83. The summed E-state index contributed by atoms with van der Waals surface area (Å²) < 4.78 is 0. The van der Waals surface area contributed by atoms with Gasteiger partial charge in [-0.05, 0) is 43.4 Å². The van der Waals surface area contributed by atoms with Gasteiger partial charge >= 0.3 is 0 Å². The van der Waals surface area contributed by atoms with Gasteiger partial charge in [0.25, 0.3) is 0 Å². The first-order valence-electron chi connectivity index (χ1n) is 4.23. The molecule has 0 aliphatic heterocycles. The number of hydrogen-bond acceptors (Lipinski definition) is 1. The minimum absolute atomic E-state index is 0.0787. The van der Waals surface area contributed by atoms with Crippen LogP contribution >= 0.6 is 0 Å². The smallest absolute Gasteiger partial charge is 0.205 e. The van der Waals surface area contributed by atoms with E-state index in [0.29, 0.717) is 0 Å². The van der Waals surface area contributed by atoms with E-state index in [4.69, 9.17) is 0 Å². The maximum atomic E-state index is 10.7. The van der Waals surface area contributed by atoms with Crippen LogP contribution in [0.5, 0.6) is 0 Å². The predicted octanol–water partition coefficient (Wildman–Crippen LogP) is 1.53. The molecule has 0 saturated heterocycles.